The van der Waals surface area contributed by atoms with Gasteiger partial charge in [-0.15, -0.1) is 11.6 Å². The summed E-state index contributed by atoms with van der Waals surface area (Å²) in [5.74, 6) is 1.49. The molecule has 3 aromatic rings. The Morgan fingerprint density at radius 3 is 2.71 bits per heavy atom. The standard InChI is InChI=1S/C17H17ClN2O/c1-13-4-2-10-20-12-16(19-17(13)20)14-5-7-15(8-6-14)21-11-3-9-18/h2,4-8,10,12H,3,9,11H2,1H3. The minimum Gasteiger partial charge on any atom is -0.494 e. The fraction of sp³-hybridized carbons (Fsp3) is 0.235. The number of ether oxygens (including phenoxy) is 1. The molecule has 0 unspecified atom stereocenters. The molecular weight excluding hydrogens is 284 g/mol. The highest BCUT2D eigenvalue weighted by atomic mass is 35.5. The van der Waals surface area contributed by atoms with Gasteiger partial charge in [0.05, 0.1) is 12.3 Å². The van der Waals surface area contributed by atoms with Crippen LogP contribution in [0.5, 0.6) is 5.75 Å². The van der Waals surface area contributed by atoms with Gasteiger partial charge in [-0.2, -0.15) is 0 Å². The molecule has 2 heterocycles. The molecule has 21 heavy (non-hydrogen) atoms. The summed E-state index contributed by atoms with van der Waals surface area (Å²) in [6.07, 6.45) is 4.92. The third kappa shape index (κ3) is 3.03. The molecule has 0 aliphatic rings. The summed E-state index contributed by atoms with van der Waals surface area (Å²) in [5, 5.41) is 0. The van der Waals surface area contributed by atoms with Gasteiger partial charge >= 0.3 is 0 Å². The highest BCUT2D eigenvalue weighted by Crippen LogP contribution is 2.23. The van der Waals surface area contributed by atoms with Crippen molar-refractivity contribution in [2.45, 2.75) is 13.3 Å². The zero-order valence-electron chi connectivity index (χ0n) is 11.9. The third-order valence-corrected chi connectivity index (χ3v) is 3.64. The van der Waals surface area contributed by atoms with Crippen LogP contribution in [0.25, 0.3) is 16.9 Å². The molecule has 0 fully saturated rings. The van der Waals surface area contributed by atoms with Crippen LogP contribution in [0, 0.1) is 6.92 Å². The number of hydrogen-bond donors (Lipinski definition) is 0. The van der Waals surface area contributed by atoms with Gasteiger partial charge in [0.2, 0.25) is 0 Å². The second-order valence-electron chi connectivity index (χ2n) is 4.96. The van der Waals surface area contributed by atoms with Crippen LogP contribution in [0.4, 0.5) is 0 Å². The molecule has 0 saturated carbocycles. The van der Waals surface area contributed by atoms with E-state index in [0.29, 0.717) is 12.5 Å². The Morgan fingerprint density at radius 1 is 1.19 bits per heavy atom. The van der Waals surface area contributed by atoms with Crippen molar-refractivity contribution in [2.75, 3.05) is 12.5 Å². The van der Waals surface area contributed by atoms with Crippen molar-refractivity contribution in [1.82, 2.24) is 9.38 Å². The van der Waals surface area contributed by atoms with Crippen molar-refractivity contribution >= 4 is 17.2 Å². The van der Waals surface area contributed by atoms with E-state index in [9.17, 15) is 0 Å². The van der Waals surface area contributed by atoms with Crippen LogP contribution in [0.3, 0.4) is 0 Å². The number of nitrogens with zero attached hydrogens (tertiary/aromatic N) is 2. The van der Waals surface area contributed by atoms with Gasteiger partial charge in [-0.25, -0.2) is 4.98 Å². The molecule has 2 aromatic heterocycles. The summed E-state index contributed by atoms with van der Waals surface area (Å²) in [6, 6.07) is 12.1. The average molecular weight is 301 g/mol. The second-order valence-corrected chi connectivity index (χ2v) is 5.34. The molecule has 4 heteroatoms. The second kappa shape index (κ2) is 6.19. The highest BCUT2D eigenvalue weighted by molar-refractivity contribution is 6.17. The normalized spacial score (nSPS) is 11.0. The van der Waals surface area contributed by atoms with E-state index >= 15 is 0 Å². The van der Waals surface area contributed by atoms with Crippen LogP contribution in [0.15, 0.2) is 48.8 Å². The molecule has 0 bridgehead atoms. The first kappa shape index (κ1) is 14.0. The average Bonchev–Trinajstić information content (AvgIpc) is 2.94. The van der Waals surface area contributed by atoms with Crippen LogP contribution < -0.4 is 4.74 Å². The maximum Gasteiger partial charge on any atom is 0.140 e. The van der Waals surface area contributed by atoms with Crippen molar-refractivity contribution in [1.29, 1.82) is 0 Å². The molecule has 0 N–H and O–H groups in total. The predicted molar refractivity (Wildman–Crippen MR) is 86.2 cm³/mol. The number of benzene rings is 1. The van der Waals surface area contributed by atoms with E-state index in [1.807, 2.05) is 42.7 Å². The minimum atomic E-state index is 0.624. The number of hydrogen-bond acceptors (Lipinski definition) is 2. The Balaban J connectivity index is 1.83. The smallest absolute Gasteiger partial charge is 0.140 e. The molecule has 1 aromatic carbocycles. The molecule has 108 valence electrons. The highest BCUT2D eigenvalue weighted by Gasteiger charge is 2.06. The third-order valence-electron chi connectivity index (χ3n) is 3.37. The van der Waals surface area contributed by atoms with Crippen LogP contribution in [0.2, 0.25) is 0 Å². The predicted octanol–water partition coefficient (Wildman–Crippen LogP) is 4.32. The van der Waals surface area contributed by atoms with Gasteiger partial charge in [0, 0.05) is 23.8 Å². The largest absolute Gasteiger partial charge is 0.494 e. The lowest BCUT2D eigenvalue weighted by atomic mass is 10.2. The molecule has 3 nitrogen and oxygen atoms in total. The van der Waals surface area contributed by atoms with E-state index in [0.717, 1.165) is 29.1 Å². The first-order chi connectivity index (χ1) is 10.3. The van der Waals surface area contributed by atoms with Gasteiger partial charge in [0.25, 0.3) is 0 Å². The van der Waals surface area contributed by atoms with E-state index in [-0.39, 0.29) is 0 Å². The Labute approximate surface area is 129 Å². The van der Waals surface area contributed by atoms with Crippen LogP contribution in [0.1, 0.15) is 12.0 Å². The molecule has 0 aliphatic carbocycles. The number of alkyl halides is 1. The number of aryl methyl sites for hydroxylation is 1. The van der Waals surface area contributed by atoms with E-state index in [1.54, 1.807) is 0 Å². The van der Waals surface area contributed by atoms with Crippen LogP contribution in [-0.2, 0) is 0 Å². The minimum absolute atomic E-state index is 0.624. The summed E-state index contributed by atoms with van der Waals surface area (Å²) in [5.41, 5.74) is 4.22. The quantitative estimate of drug-likeness (QED) is 0.518. The van der Waals surface area contributed by atoms with E-state index < -0.39 is 0 Å². The van der Waals surface area contributed by atoms with Crippen molar-refractivity contribution in [3.63, 3.8) is 0 Å². The molecule has 0 amide bonds. The molecule has 0 spiro atoms. The molecule has 3 rings (SSSR count). The number of pyridine rings is 1. The lowest BCUT2D eigenvalue weighted by molar-refractivity contribution is 0.318. The number of halogens is 1. The zero-order valence-corrected chi connectivity index (χ0v) is 12.7. The molecule has 0 atom stereocenters. The lowest BCUT2D eigenvalue weighted by Gasteiger charge is -2.05. The SMILES string of the molecule is Cc1cccn2cc(-c3ccc(OCCCCl)cc3)nc12. The summed E-state index contributed by atoms with van der Waals surface area (Å²) >= 11 is 5.63. The molecule has 0 aliphatic heterocycles. The molecule has 0 saturated heterocycles. The Morgan fingerprint density at radius 2 is 2.00 bits per heavy atom. The summed E-state index contributed by atoms with van der Waals surface area (Å²) in [7, 11) is 0. The van der Waals surface area contributed by atoms with Crippen molar-refractivity contribution in [3.05, 3.63) is 54.4 Å². The van der Waals surface area contributed by atoms with E-state index in [1.165, 1.54) is 5.56 Å². The number of rotatable bonds is 5. The Kier molecular flexibility index (Phi) is 4.11. The Bertz CT molecular complexity index is 734. The topological polar surface area (TPSA) is 26.5 Å². The first-order valence-corrected chi connectivity index (χ1v) is 7.55. The summed E-state index contributed by atoms with van der Waals surface area (Å²) in [6.45, 7) is 2.72. The molecule has 0 radical (unpaired) electrons. The fourth-order valence-corrected chi connectivity index (χ4v) is 2.37. The van der Waals surface area contributed by atoms with Gasteiger partial charge in [0.15, 0.2) is 0 Å². The monoisotopic (exact) mass is 300 g/mol. The van der Waals surface area contributed by atoms with Crippen LogP contribution >= 0.6 is 11.6 Å². The van der Waals surface area contributed by atoms with Gasteiger partial charge in [-0.3, -0.25) is 0 Å². The van der Waals surface area contributed by atoms with Crippen LogP contribution in [-0.4, -0.2) is 21.9 Å². The molecular formula is C17H17ClN2O. The fourth-order valence-electron chi connectivity index (χ4n) is 2.26. The van der Waals surface area contributed by atoms with Gasteiger partial charge in [-0.1, -0.05) is 6.07 Å². The maximum absolute atomic E-state index is 5.63. The van der Waals surface area contributed by atoms with E-state index in [2.05, 4.69) is 17.4 Å². The van der Waals surface area contributed by atoms with Crippen molar-refractivity contribution in [3.8, 4) is 17.0 Å². The lowest BCUT2D eigenvalue weighted by Crippen LogP contribution is -1.97. The summed E-state index contributed by atoms with van der Waals surface area (Å²) < 4.78 is 7.66. The van der Waals surface area contributed by atoms with Gasteiger partial charge in [-0.05, 0) is 49.2 Å². The van der Waals surface area contributed by atoms with Gasteiger partial charge in [0.1, 0.15) is 11.4 Å². The number of aromatic nitrogens is 2. The Hall–Kier alpha value is -2.00. The first-order valence-electron chi connectivity index (χ1n) is 7.01. The van der Waals surface area contributed by atoms with Crippen molar-refractivity contribution < 1.29 is 4.74 Å². The number of fused-ring (bicyclic) bond motifs is 1. The van der Waals surface area contributed by atoms with Crippen molar-refractivity contribution in [2.24, 2.45) is 0 Å². The summed E-state index contributed by atoms with van der Waals surface area (Å²) in [4.78, 5) is 4.69. The van der Waals surface area contributed by atoms with E-state index in [4.69, 9.17) is 21.3 Å². The number of imidazole rings is 1. The van der Waals surface area contributed by atoms with Gasteiger partial charge < -0.3 is 9.14 Å². The maximum atomic E-state index is 5.63. The zero-order chi connectivity index (χ0) is 14.7.